The number of fused-ring (bicyclic) bond motifs is 2. The lowest BCUT2D eigenvalue weighted by Gasteiger charge is -2.08. The van der Waals surface area contributed by atoms with Crippen molar-refractivity contribution in [3.05, 3.63) is 47.8 Å². The van der Waals surface area contributed by atoms with Crippen molar-refractivity contribution in [1.29, 1.82) is 0 Å². The number of hydrogen-bond acceptors (Lipinski definition) is 3. The van der Waals surface area contributed by atoms with Gasteiger partial charge in [-0.05, 0) is 43.5 Å². The standard InChI is InChI=1S/C15H14N4/c16-15-11-4-1-7-13(11)18-19(15)14-8-2-6-12-10(14)5-3-9-17-12/h2-3,5-6,8-9H,1,4,7,16H2. The third-order valence-electron chi connectivity index (χ3n) is 3.80. The van der Waals surface area contributed by atoms with E-state index in [9.17, 15) is 0 Å². The Kier molecular flexibility index (Phi) is 2.12. The molecule has 0 saturated heterocycles. The summed E-state index contributed by atoms with van der Waals surface area (Å²) in [6.45, 7) is 0. The molecule has 19 heavy (non-hydrogen) atoms. The zero-order valence-electron chi connectivity index (χ0n) is 10.5. The number of rotatable bonds is 1. The Balaban J connectivity index is 2.01. The summed E-state index contributed by atoms with van der Waals surface area (Å²) < 4.78 is 1.87. The Morgan fingerprint density at radius 2 is 2.05 bits per heavy atom. The zero-order valence-corrected chi connectivity index (χ0v) is 10.5. The van der Waals surface area contributed by atoms with Crippen molar-refractivity contribution < 1.29 is 0 Å². The van der Waals surface area contributed by atoms with E-state index in [-0.39, 0.29) is 0 Å². The molecule has 0 amide bonds. The van der Waals surface area contributed by atoms with E-state index in [0.717, 1.165) is 40.9 Å². The lowest BCUT2D eigenvalue weighted by Crippen LogP contribution is -2.04. The lowest BCUT2D eigenvalue weighted by atomic mass is 10.2. The van der Waals surface area contributed by atoms with Crippen LogP contribution in [-0.2, 0) is 12.8 Å². The summed E-state index contributed by atoms with van der Waals surface area (Å²) >= 11 is 0. The minimum absolute atomic E-state index is 0.781. The van der Waals surface area contributed by atoms with Crippen molar-refractivity contribution >= 4 is 16.7 Å². The molecule has 0 bridgehead atoms. The van der Waals surface area contributed by atoms with Gasteiger partial charge >= 0.3 is 0 Å². The van der Waals surface area contributed by atoms with Gasteiger partial charge in [-0.2, -0.15) is 5.10 Å². The highest BCUT2D eigenvalue weighted by atomic mass is 15.3. The monoisotopic (exact) mass is 250 g/mol. The van der Waals surface area contributed by atoms with Crippen molar-refractivity contribution in [2.75, 3.05) is 5.73 Å². The number of nitrogens with two attached hydrogens (primary N) is 1. The van der Waals surface area contributed by atoms with Gasteiger partial charge in [-0.25, -0.2) is 4.68 Å². The molecule has 4 heteroatoms. The Bertz CT molecular complexity index is 768. The van der Waals surface area contributed by atoms with E-state index in [2.05, 4.69) is 16.1 Å². The minimum atomic E-state index is 0.781. The van der Waals surface area contributed by atoms with Crippen LogP contribution in [-0.4, -0.2) is 14.8 Å². The lowest BCUT2D eigenvalue weighted by molar-refractivity contribution is 0.811. The number of hydrogen-bond donors (Lipinski definition) is 1. The highest BCUT2D eigenvalue weighted by Gasteiger charge is 2.21. The van der Waals surface area contributed by atoms with Crippen molar-refractivity contribution in [1.82, 2.24) is 14.8 Å². The third-order valence-corrected chi connectivity index (χ3v) is 3.80. The summed E-state index contributed by atoms with van der Waals surface area (Å²) in [4.78, 5) is 4.38. The first kappa shape index (κ1) is 10.6. The molecule has 94 valence electrons. The molecule has 0 aliphatic heterocycles. The highest BCUT2D eigenvalue weighted by Crippen LogP contribution is 2.30. The van der Waals surface area contributed by atoms with Crippen LogP contribution in [0.1, 0.15) is 17.7 Å². The van der Waals surface area contributed by atoms with Crippen LogP contribution in [0.2, 0.25) is 0 Å². The summed E-state index contributed by atoms with van der Waals surface area (Å²) in [5, 5.41) is 5.76. The molecule has 4 rings (SSSR count). The Labute approximate surface area is 110 Å². The number of benzene rings is 1. The second-order valence-electron chi connectivity index (χ2n) is 4.92. The van der Waals surface area contributed by atoms with E-state index in [1.54, 1.807) is 6.20 Å². The van der Waals surface area contributed by atoms with Gasteiger partial charge in [0.2, 0.25) is 0 Å². The number of nitrogens with zero attached hydrogens (tertiary/aromatic N) is 3. The van der Waals surface area contributed by atoms with Crippen molar-refractivity contribution in [2.24, 2.45) is 0 Å². The van der Waals surface area contributed by atoms with Gasteiger partial charge in [-0.15, -0.1) is 0 Å². The molecular weight excluding hydrogens is 236 g/mol. The fraction of sp³-hybridized carbons (Fsp3) is 0.200. The van der Waals surface area contributed by atoms with Crippen LogP contribution in [0.5, 0.6) is 0 Å². The predicted molar refractivity (Wildman–Crippen MR) is 75.3 cm³/mol. The van der Waals surface area contributed by atoms with Crippen molar-refractivity contribution in [3.63, 3.8) is 0 Å². The Morgan fingerprint density at radius 1 is 1.11 bits per heavy atom. The Hall–Kier alpha value is -2.36. The maximum Gasteiger partial charge on any atom is 0.130 e. The normalized spacial score (nSPS) is 13.9. The average Bonchev–Trinajstić information content (AvgIpc) is 3.02. The van der Waals surface area contributed by atoms with Gasteiger partial charge in [0.1, 0.15) is 5.82 Å². The summed E-state index contributed by atoms with van der Waals surface area (Å²) in [5.41, 5.74) is 10.6. The highest BCUT2D eigenvalue weighted by molar-refractivity contribution is 5.87. The van der Waals surface area contributed by atoms with Gasteiger partial charge in [0.15, 0.2) is 0 Å². The SMILES string of the molecule is Nc1c2c(nn1-c1cccc3ncccc13)CCC2. The second-order valence-corrected chi connectivity index (χ2v) is 4.92. The molecule has 0 atom stereocenters. The van der Waals surface area contributed by atoms with Crippen molar-refractivity contribution in [3.8, 4) is 5.69 Å². The molecule has 1 aliphatic carbocycles. The molecule has 2 aromatic heterocycles. The summed E-state index contributed by atoms with van der Waals surface area (Å²) in [6, 6.07) is 10.1. The number of nitrogen functional groups attached to an aromatic ring is 1. The number of aryl methyl sites for hydroxylation is 1. The van der Waals surface area contributed by atoms with Crippen LogP contribution in [0, 0.1) is 0 Å². The first-order chi connectivity index (χ1) is 9.34. The van der Waals surface area contributed by atoms with Gasteiger partial charge in [-0.3, -0.25) is 4.98 Å². The molecule has 0 spiro atoms. The summed E-state index contributed by atoms with van der Waals surface area (Å²) in [6.07, 6.45) is 5.05. The van der Waals surface area contributed by atoms with E-state index in [0.29, 0.717) is 0 Å². The van der Waals surface area contributed by atoms with Crippen LogP contribution >= 0.6 is 0 Å². The number of pyridine rings is 1. The average molecular weight is 250 g/mol. The number of anilines is 1. The molecule has 4 nitrogen and oxygen atoms in total. The van der Waals surface area contributed by atoms with E-state index in [1.807, 2.05) is 28.9 Å². The van der Waals surface area contributed by atoms with Gasteiger partial charge < -0.3 is 5.73 Å². The summed E-state index contributed by atoms with van der Waals surface area (Å²) in [5.74, 6) is 0.781. The molecule has 2 N–H and O–H groups in total. The van der Waals surface area contributed by atoms with Crippen molar-refractivity contribution in [2.45, 2.75) is 19.3 Å². The number of aromatic nitrogens is 3. The van der Waals surface area contributed by atoms with Gasteiger partial charge in [0, 0.05) is 17.1 Å². The molecule has 0 unspecified atom stereocenters. The predicted octanol–water partition coefficient (Wildman–Crippen LogP) is 2.49. The smallest absolute Gasteiger partial charge is 0.130 e. The molecule has 0 radical (unpaired) electrons. The van der Waals surface area contributed by atoms with Gasteiger partial charge in [0.25, 0.3) is 0 Å². The quantitative estimate of drug-likeness (QED) is 0.722. The molecule has 2 heterocycles. The maximum absolute atomic E-state index is 6.26. The molecule has 3 aromatic rings. The largest absolute Gasteiger partial charge is 0.383 e. The van der Waals surface area contributed by atoms with Crippen LogP contribution in [0.25, 0.3) is 16.6 Å². The van der Waals surface area contributed by atoms with E-state index in [1.165, 1.54) is 12.0 Å². The first-order valence-electron chi connectivity index (χ1n) is 6.55. The fourth-order valence-corrected chi connectivity index (χ4v) is 2.87. The molecule has 1 aromatic carbocycles. The Morgan fingerprint density at radius 3 is 2.95 bits per heavy atom. The van der Waals surface area contributed by atoms with Crippen LogP contribution in [0.15, 0.2) is 36.5 Å². The van der Waals surface area contributed by atoms with Crippen LogP contribution in [0.3, 0.4) is 0 Å². The zero-order chi connectivity index (χ0) is 12.8. The second kappa shape index (κ2) is 3.82. The van der Waals surface area contributed by atoms with Crippen LogP contribution < -0.4 is 5.73 Å². The maximum atomic E-state index is 6.26. The fourth-order valence-electron chi connectivity index (χ4n) is 2.87. The summed E-state index contributed by atoms with van der Waals surface area (Å²) in [7, 11) is 0. The third kappa shape index (κ3) is 1.46. The molecule has 0 fully saturated rings. The van der Waals surface area contributed by atoms with Gasteiger partial charge in [0.05, 0.1) is 16.9 Å². The van der Waals surface area contributed by atoms with Crippen LogP contribution in [0.4, 0.5) is 5.82 Å². The van der Waals surface area contributed by atoms with E-state index < -0.39 is 0 Å². The van der Waals surface area contributed by atoms with E-state index in [4.69, 9.17) is 5.73 Å². The molecule has 1 aliphatic rings. The molecule has 0 saturated carbocycles. The molecular formula is C15H14N4. The van der Waals surface area contributed by atoms with Gasteiger partial charge in [-0.1, -0.05) is 6.07 Å². The first-order valence-corrected chi connectivity index (χ1v) is 6.55. The minimum Gasteiger partial charge on any atom is -0.383 e. The topological polar surface area (TPSA) is 56.7 Å². The van der Waals surface area contributed by atoms with E-state index >= 15 is 0 Å².